The normalized spacial score (nSPS) is 10.4. The van der Waals surface area contributed by atoms with Gasteiger partial charge in [-0.1, -0.05) is 6.07 Å². The van der Waals surface area contributed by atoms with Gasteiger partial charge in [0.25, 0.3) is 0 Å². The predicted molar refractivity (Wildman–Crippen MR) is 74.9 cm³/mol. The van der Waals surface area contributed by atoms with Crippen molar-refractivity contribution in [3.63, 3.8) is 0 Å². The van der Waals surface area contributed by atoms with E-state index in [-0.39, 0.29) is 0 Å². The molecule has 0 spiro atoms. The summed E-state index contributed by atoms with van der Waals surface area (Å²) in [6.07, 6.45) is 3.22. The first-order valence-electron chi connectivity index (χ1n) is 5.75. The second kappa shape index (κ2) is 4.87. The van der Waals surface area contributed by atoms with E-state index in [9.17, 15) is 0 Å². The van der Waals surface area contributed by atoms with Crippen molar-refractivity contribution in [2.75, 3.05) is 10.7 Å². The van der Waals surface area contributed by atoms with Gasteiger partial charge >= 0.3 is 0 Å². The van der Waals surface area contributed by atoms with Crippen molar-refractivity contribution in [2.24, 2.45) is 5.84 Å². The van der Waals surface area contributed by atoms with Gasteiger partial charge in [-0.05, 0) is 24.3 Å². The van der Waals surface area contributed by atoms with Crippen LogP contribution >= 0.6 is 0 Å². The van der Waals surface area contributed by atoms with E-state index in [1.165, 1.54) is 6.33 Å². The minimum atomic E-state index is 0.556. The number of nitrogens with zero attached hydrogens (tertiary/aromatic N) is 3. The van der Waals surface area contributed by atoms with Gasteiger partial charge in [0.15, 0.2) is 0 Å². The summed E-state index contributed by atoms with van der Waals surface area (Å²) in [6.45, 7) is 0. The number of nitrogens with one attached hydrogen (secondary N) is 2. The lowest BCUT2D eigenvalue weighted by Crippen LogP contribution is -2.09. The Hall–Kier alpha value is -2.73. The molecule has 0 unspecified atom stereocenters. The smallest absolute Gasteiger partial charge is 0.145 e. The van der Waals surface area contributed by atoms with E-state index in [1.807, 2.05) is 30.3 Å². The van der Waals surface area contributed by atoms with Crippen molar-refractivity contribution < 1.29 is 0 Å². The Labute approximate surface area is 109 Å². The van der Waals surface area contributed by atoms with Crippen LogP contribution in [-0.4, -0.2) is 15.0 Å². The van der Waals surface area contributed by atoms with Crippen molar-refractivity contribution >= 4 is 28.2 Å². The van der Waals surface area contributed by atoms with Crippen LogP contribution in [0.1, 0.15) is 0 Å². The number of benzene rings is 1. The molecule has 6 nitrogen and oxygen atoms in total. The fourth-order valence-electron chi connectivity index (χ4n) is 1.81. The molecule has 0 radical (unpaired) electrons. The third-order valence-corrected chi connectivity index (χ3v) is 2.69. The van der Waals surface area contributed by atoms with Crippen molar-refractivity contribution in [1.82, 2.24) is 15.0 Å². The minimum absolute atomic E-state index is 0.556. The second-order valence-corrected chi connectivity index (χ2v) is 3.97. The Morgan fingerprint density at radius 2 is 1.84 bits per heavy atom. The summed E-state index contributed by atoms with van der Waals surface area (Å²) in [6, 6.07) is 11.6. The summed E-state index contributed by atoms with van der Waals surface area (Å²) in [7, 11) is 0. The molecule has 6 heteroatoms. The number of nitrogen functional groups attached to an aromatic ring is 1. The van der Waals surface area contributed by atoms with Gasteiger partial charge in [-0.3, -0.25) is 4.98 Å². The fraction of sp³-hybridized carbons (Fsp3) is 0. The van der Waals surface area contributed by atoms with Crippen LogP contribution in [0.2, 0.25) is 0 Å². The maximum absolute atomic E-state index is 5.31. The Morgan fingerprint density at radius 3 is 2.74 bits per heavy atom. The summed E-state index contributed by atoms with van der Waals surface area (Å²) in [5, 5.41) is 4.26. The van der Waals surface area contributed by atoms with Crippen LogP contribution < -0.4 is 16.6 Å². The molecule has 0 aliphatic rings. The van der Waals surface area contributed by atoms with E-state index in [1.54, 1.807) is 12.3 Å². The van der Waals surface area contributed by atoms with Gasteiger partial charge < -0.3 is 10.7 Å². The van der Waals surface area contributed by atoms with E-state index in [2.05, 4.69) is 25.7 Å². The molecule has 2 heterocycles. The Balaban J connectivity index is 1.92. The zero-order valence-corrected chi connectivity index (χ0v) is 10.0. The highest BCUT2D eigenvalue weighted by molar-refractivity contribution is 5.83. The van der Waals surface area contributed by atoms with E-state index in [0.29, 0.717) is 11.6 Å². The number of anilines is 3. The van der Waals surface area contributed by atoms with E-state index >= 15 is 0 Å². The third kappa shape index (κ3) is 2.43. The lowest BCUT2D eigenvalue weighted by atomic mass is 10.2. The third-order valence-electron chi connectivity index (χ3n) is 2.69. The van der Waals surface area contributed by atoms with Crippen molar-refractivity contribution in [3.8, 4) is 0 Å². The minimum Gasteiger partial charge on any atom is -0.340 e. The van der Waals surface area contributed by atoms with Gasteiger partial charge in [0.1, 0.15) is 18.0 Å². The Bertz CT molecular complexity index is 712. The van der Waals surface area contributed by atoms with Gasteiger partial charge in [0.05, 0.1) is 5.52 Å². The highest BCUT2D eigenvalue weighted by Gasteiger charge is 2.00. The van der Waals surface area contributed by atoms with Crippen LogP contribution in [0.25, 0.3) is 10.9 Å². The van der Waals surface area contributed by atoms with Gasteiger partial charge in [-0.2, -0.15) is 0 Å². The molecule has 0 saturated heterocycles. The number of nitrogens with two attached hydrogens (primary N) is 1. The number of hydrazine groups is 1. The molecule has 0 atom stereocenters. The van der Waals surface area contributed by atoms with E-state index < -0.39 is 0 Å². The van der Waals surface area contributed by atoms with Crippen LogP contribution in [0.15, 0.2) is 48.9 Å². The number of aromatic nitrogens is 3. The quantitative estimate of drug-likeness (QED) is 0.488. The molecule has 0 aliphatic carbocycles. The predicted octanol–water partition coefficient (Wildman–Crippen LogP) is 2.05. The van der Waals surface area contributed by atoms with E-state index in [4.69, 9.17) is 5.84 Å². The summed E-state index contributed by atoms with van der Waals surface area (Å²) in [5.41, 5.74) is 4.37. The maximum atomic E-state index is 5.31. The molecular formula is C13H12N6. The monoisotopic (exact) mass is 252 g/mol. The summed E-state index contributed by atoms with van der Waals surface area (Å²) in [5.74, 6) is 6.54. The average Bonchev–Trinajstić information content (AvgIpc) is 2.47. The molecule has 4 N–H and O–H groups in total. The number of rotatable bonds is 3. The first-order chi connectivity index (χ1) is 9.35. The lowest BCUT2D eigenvalue weighted by molar-refractivity contribution is 1.14. The van der Waals surface area contributed by atoms with Gasteiger partial charge in [-0.25, -0.2) is 15.8 Å². The largest absolute Gasteiger partial charge is 0.340 e. The van der Waals surface area contributed by atoms with Gasteiger partial charge in [-0.15, -0.1) is 0 Å². The molecular weight excluding hydrogens is 240 g/mol. The van der Waals surface area contributed by atoms with Crippen LogP contribution in [0.3, 0.4) is 0 Å². The van der Waals surface area contributed by atoms with Crippen molar-refractivity contribution in [2.45, 2.75) is 0 Å². The number of pyridine rings is 1. The zero-order valence-electron chi connectivity index (χ0n) is 10.0. The first kappa shape index (κ1) is 11.4. The molecule has 3 rings (SSSR count). The molecule has 0 fully saturated rings. The number of hydrogen-bond donors (Lipinski definition) is 3. The van der Waals surface area contributed by atoms with Gasteiger partial charge in [0.2, 0.25) is 0 Å². The molecule has 19 heavy (non-hydrogen) atoms. The molecule has 0 aliphatic heterocycles. The number of hydrogen-bond acceptors (Lipinski definition) is 6. The van der Waals surface area contributed by atoms with E-state index in [0.717, 1.165) is 16.6 Å². The highest BCUT2D eigenvalue weighted by atomic mass is 15.3. The van der Waals surface area contributed by atoms with Crippen LogP contribution in [0.5, 0.6) is 0 Å². The fourth-order valence-corrected chi connectivity index (χ4v) is 1.81. The number of fused-ring (bicyclic) bond motifs is 1. The molecule has 3 aromatic rings. The SMILES string of the molecule is NNc1cc(Nc2ccc3ncccc3c2)ncn1. The van der Waals surface area contributed by atoms with Gasteiger partial charge in [0, 0.05) is 23.3 Å². The van der Waals surface area contributed by atoms with Crippen molar-refractivity contribution in [3.05, 3.63) is 48.9 Å². The zero-order chi connectivity index (χ0) is 13.1. The Morgan fingerprint density at radius 1 is 0.947 bits per heavy atom. The molecule has 94 valence electrons. The highest BCUT2D eigenvalue weighted by Crippen LogP contribution is 2.20. The molecule has 0 saturated carbocycles. The standard InChI is InChI=1S/C13H12N6/c14-19-13-7-12(16-8-17-13)18-10-3-4-11-9(6-10)2-1-5-15-11/h1-8H,14H2,(H2,16,17,18,19). The average molecular weight is 252 g/mol. The second-order valence-electron chi connectivity index (χ2n) is 3.97. The van der Waals surface area contributed by atoms with Crippen molar-refractivity contribution in [1.29, 1.82) is 0 Å². The van der Waals surface area contributed by atoms with Crippen LogP contribution in [0, 0.1) is 0 Å². The Kier molecular flexibility index (Phi) is 2.91. The maximum Gasteiger partial charge on any atom is 0.145 e. The summed E-state index contributed by atoms with van der Waals surface area (Å²) < 4.78 is 0. The molecule has 0 bridgehead atoms. The first-order valence-corrected chi connectivity index (χ1v) is 5.75. The summed E-state index contributed by atoms with van der Waals surface area (Å²) in [4.78, 5) is 12.4. The summed E-state index contributed by atoms with van der Waals surface area (Å²) >= 11 is 0. The molecule has 2 aromatic heterocycles. The van der Waals surface area contributed by atoms with Crippen LogP contribution in [0.4, 0.5) is 17.3 Å². The van der Waals surface area contributed by atoms with Crippen LogP contribution in [-0.2, 0) is 0 Å². The molecule has 0 amide bonds. The molecule has 1 aromatic carbocycles. The lowest BCUT2D eigenvalue weighted by Gasteiger charge is -2.07. The topological polar surface area (TPSA) is 88.8 Å².